The molecule has 1 heterocycles. The fraction of sp³-hybridized carbons (Fsp3) is 0.269. The Morgan fingerprint density at radius 3 is 2.40 bits per heavy atom. The summed E-state index contributed by atoms with van der Waals surface area (Å²) in [6.07, 6.45) is 0. The van der Waals surface area contributed by atoms with Crippen molar-refractivity contribution in [3.63, 3.8) is 0 Å². The Labute approximate surface area is 209 Å². The second kappa shape index (κ2) is 11.3. The monoisotopic (exact) mass is 494 g/mol. The molecular formula is C26H27ClN4O4. The Kier molecular flexibility index (Phi) is 7.97. The van der Waals surface area contributed by atoms with Crippen molar-refractivity contribution in [2.75, 3.05) is 39.8 Å². The van der Waals surface area contributed by atoms with E-state index >= 15 is 0 Å². The molecule has 35 heavy (non-hydrogen) atoms. The smallest absolute Gasteiger partial charge is 0.313 e. The molecule has 8 nitrogen and oxygen atoms in total. The third-order valence-electron chi connectivity index (χ3n) is 6.01. The molecule has 0 radical (unpaired) electrons. The first-order valence-corrected chi connectivity index (χ1v) is 11.8. The topological polar surface area (TPSA) is 88.0 Å². The second-order valence-corrected chi connectivity index (χ2v) is 8.97. The Morgan fingerprint density at radius 1 is 1.06 bits per heavy atom. The minimum atomic E-state index is -0.548. The number of halogens is 1. The number of nitro benzene ring substituents is 1. The zero-order valence-corrected chi connectivity index (χ0v) is 20.1. The van der Waals surface area contributed by atoms with Crippen LogP contribution in [0.25, 0.3) is 0 Å². The normalized spacial score (nSPS) is 15.4. The molecule has 182 valence electrons. The maximum absolute atomic E-state index is 13.1. The molecule has 0 aromatic heterocycles. The summed E-state index contributed by atoms with van der Waals surface area (Å²) in [5.41, 5.74) is 1.30. The van der Waals surface area contributed by atoms with E-state index in [0.717, 1.165) is 38.3 Å². The molecule has 0 saturated carbocycles. The number of amides is 1. The maximum Gasteiger partial charge on any atom is 0.313 e. The highest BCUT2D eigenvalue weighted by Gasteiger charge is 2.22. The molecule has 1 aliphatic rings. The van der Waals surface area contributed by atoms with E-state index in [9.17, 15) is 14.9 Å². The average Bonchev–Trinajstić information content (AvgIpc) is 2.87. The van der Waals surface area contributed by atoms with E-state index in [1.165, 1.54) is 18.2 Å². The summed E-state index contributed by atoms with van der Waals surface area (Å²) in [6.45, 7) is 4.65. The largest absolute Gasteiger partial charge is 0.450 e. The molecule has 1 atom stereocenters. The summed E-state index contributed by atoms with van der Waals surface area (Å²) >= 11 is 5.86. The lowest BCUT2D eigenvalue weighted by molar-refractivity contribution is -0.385. The van der Waals surface area contributed by atoms with E-state index in [1.807, 2.05) is 30.3 Å². The van der Waals surface area contributed by atoms with Gasteiger partial charge in [0.1, 0.15) is 5.75 Å². The van der Waals surface area contributed by atoms with Gasteiger partial charge in [-0.05, 0) is 49.0 Å². The lowest BCUT2D eigenvalue weighted by Gasteiger charge is -2.35. The summed E-state index contributed by atoms with van der Waals surface area (Å²) < 4.78 is 5.68. The van der Waals surface area contributed by atoms with Crippen LogP contribution in [0.3, 0.4) is 0 Å². The molecule has 1 N–H and O–H groups in total. The van der Waals surface area contributed by atoms with Gasteiger partial charge < -0.3 is 15.0 Å². The van der Waals surface area contributed by atoms with Crippen molar-refractivity contribution in [2.45, 2.75) is 6.04 Å². The number of nitrogens with one attached hydrogen (secondary N) is 1. The molecule has 1 unspecified atom stereocenters. The highest BCUT2D eigenvalue weighted by atomic mass is 35.5. The van der Waals surface area contributed by atoms with E-state index in [2.05, 4.69) is 22.2 Å². The van der Waals surface area contributed by atoms with Crippen molar-refractivity contribution in [1.82, 2.24) is 15.1 Å². The lowest BCUT2D eigenvalue weighted by atomic mass is 10.0. The first-order chi connectivity index (χ1) is 16.9. The van der Waals surface area contributed by atoms with Gasteiger partial charge in [0.25, 0.3) is 5.91 Å². The minimum Gasteiger partial charge on any atom is -0.450 e. The molecule has 3 aromatic rings. The van der Waals surface area contributed by atoms with Crippen LogP contribution in [0.5, 0.6) is 11.5 Å². The molecule has 0 spiro atoms. The number of piperazine rings is 1. The van der Waals surface area contributed by atoms with Crippen LogP contribution in [-0.2, 0) is 0 Å². The lowest BCUT2D eigenvalue weighted by Crippen LogP contribution is -2.47. The highest BCUT2D eigenvalue weighted by molar-refractivity contribution is 6.30. The van der Waals surface area contributed by atoms with Gasteiger partial charge in [-0.3, -0.25) is 19.8 Å². The highest BCUT2D eigenvalue weighted by Crippen LogP contribution is 2.33. The maximum atomic E-state index is 13.1. The van der Waals surface area contributed by atoms with Crippen molar-refractivity contribution < 1.29 is 14.5 Å². The molecule has 4 rings (SSSR count). The number of carbonyl (C=O) groups excluding carboxylic acids is 1. The predicted octanol–water partition coefficient (Wildman–Crippen LogP) is 4.76. The van der Waals surface area contributed by atoms with Gasteiger partial charge in [-0.25, -0.2) is 0 Å². The van der Waals surface area contributed by atoms with Crippen molar-refractivity contribution in [2.24, 2.45) is 0 Å². The molecule has 1 amide bonds. The number of nitro groups is 1. The predicted molar refractivity (Wildman–Crippen MR) is 135 cm³/mol. The molecule has 0 aliphatic carbocycles. The number of likely N-dealkylation sites (N-methyl/N-ethyl adjacent to an activating group) is 1. The van der Waals surface area contributed by atoms with Crippen molar-refractivity contribution >= 4 is 23.2 Å². The van der Waals surface area contributed by atoms with Gasteiger partial charge in [-0.15, -0.1) is 0 Å². The first-order valence-electron chi connectivity index (χ1n) is 11.4. The van der Waals surface area contributed by atoms with Crippen molar-refractivity contribution in [3.05, 3.63) is 99.1 Å². The Morgan fingerprint density at radius 2 is 1.74 bits per heavy atom. The fourth-order valence-electron chi connectivity index (χ4n) is 3.97. The van der Waals surface area contributed by atoms with Gasteiger partial charge in [0, 0.05) is 49.4 Å². The minimum absolute atomic E-state index is 0.0768. The number of carbonyl (C=O) groups is 1. The third-order valence-corrected chi connectivity index (χ3v) is 6.24. The van der Waals surface area contributed by atoms with Gasteiger partial charge in [-0.2, -0.15) is 0 Å². The van der Waals surface area contributed by atoms with Gasteiger partial charge in [0.2, 0.25) is 5.75 Å². The summed E-state index contributed by atoms with van der Waals surface area (Å²) in [5, 5.41) is 14.7. The second-order valence-electron chi connectivity index (χ2n) is 8.54. The number of ether oxygens (including phenoxy) is 1. The Hall–Kier alpha value is -3.46. The average molecular weight is 495 g/mol. The Balaban J connectivity index is 1.45. The first kappa shape index (κ1) is 24.7. The van der Waals surface area contributed by atoms with E-state index in [-0.39, 0.29) is 28.4 Å². The van der Waals surface area contributed by atoms with Crippen LogP contribution >= 0.6 is 11.6 Å². The van der Waals surface area contributed by atoms with E-state index in [0.29, 0.717) is 11.3 Å². The standard InChI is InChI=1S/C26H27ClN4O4/c1-29-13-15-30(16-14-29)18-23(19-5-3-2-4-6-19)28-26(32)20-7-10-22(11-8-20)35-25-12-9-21(27)17-24(25)31(33)34/h2-12,17,23H,13-16,18H2,1H3,(H,28,32). The molecule has 3 aromatic carbocycles. The molecule has 1 fully saturated rings. The van der Waals surface area contributed by atoms with Crippen LogP contribution in [0.2, 0.25) is 5.02 Å². The van der Waals surface area contributed by atoms with Crippen molar-refractivity contribution in [3.8, 4) is 11.5 Å². The van der Waals surface area contributed by atoms with E-state index in [1.54, 1.807) is 24.3 Å². The van der Waals surface area contributed by atoms with E-state index < -0.39 is 4.92 Å². The van der Waals surface area contributed by atoms with Crippen LogP contribution in [0.1, 0.15) is 22.0 Å². The fourth-order valence-corrected chi connectivity index (χ4v) is 4.14. The molecule has 0 bridgehead atoms. The van der Waals surface area contributed by atoms with Crippen LogP contribution in [0.15, 0.2) is 72.8 Å². The van der Waals surface area contributed by atoms with Crippen LogP contribution in [-0.4, -0.2) is 60.4 Å². The summed E-state index contributed by atoms with van der Waals surface area (Å²) in [7, 11) is 2.12. The quantitative estimate of drug-likeness (QED) is 0.359. The van der Waals surface area contributed by atoms with Gasteiger partial charge in [0.15, 0.2) is 0 Å². The van der Waals surface area contributed by atoms with Crippen LogP contribution < -0.4 is 10.1 Å². The van der Waals surface area contributed by atoms with Crippen LogP contribution in [0, 0.1) is 10.1 Å². The zero-order valence-electron chi connectivity index (χ0n) is 19.4. The Bertz CT molecular complexity index is 1170. The molecular weight excluding hydrogens is 468 g/mol. The SMILES string of the molecule is CN1CCN(CC(NC(=O)c2ccc(Oc3ccc(Cl)cc3[N+](=O)[O-])cc2)c2ccccc2)CC1. The zero-order chi connectivity index (χ0) is 24.8. The number of benzene rings is 3. The summed E-state index contributed by atoms with van der Waals surface area (Å²) in [5.74, 6) is 0.258. The molecule has 1 aliphatic heterocycles. The van der Waals surface area contributed by atoms with Crippen molar-refractivity contribution in [1.29, 1.82) is 0 Å². The molecule has 9 heteroatoms. The van der Waals surface area contributed by atoms with Gasteiger partial charge in [0.05, 0.1) is 11.0 Å². The van der Waals surface area contributed by atoms with Crippen LogP contribution in [0.4, 0.5) is 5.69 Å². The molecule has 1 saturated heterocycles. The third kappa shape index (κ3) is 6.57. The van der Waals surface area contributed by atoms with Gasteiger partial charge in [-0.1, -0.05) is 41.9 Å². The van der Waals surface area contributed by atoms with Gasteiger partial charge >= 0.3 is 5.69 Å². The number of hydrogen-bond donors (Lipinski definition) is 1. The van der Waals surface area contributed by atoms with E-state index in [4.69, 9.17) is 16.3 Å². The summed E-state index contributed by atoms with van der Waals surface area (Å²) in [6, 6.07) is 20.5. The summed E-state index contributed by atoms with van der Waals surface area (Å²) in [4.78, 5) is 28.5. The number of nitrogens with zero attached hydrogens (tertiary/aromatic N) is 3. The number of rotatable bonds is 8. The number of hydrogen-bond acceptors (Lipinski definition) is 6.